The summed E-state index contributed by atoms with van der Waals surface area (Å²) in [6.45, 7) is 1.32. The Hall–Kier alpha value is -2.09. The number of aliphatic hydroxyl groups excluding tert-OH is 1. The third-order valence-electron chi connectivity index (χ3n) is 3.23. The highest BCUT2D eigenvalue weighted by molar-refractivity contribution is 6.37. The number of oxime groups is 1. The van der Waals surface area contributed by atoms with Crippen molar-refractivity contribution in [3.8, 4) is 0 Å². The topological polar surface area (TPSA) is 68.1 Å². The molecule has 22 heavy (non-hydrogen) atoms. The number of aliphatic hydroxyl groups is 1. The number of alkyl halides is 3. The van der Waals surface area contributed by atoms with Crippen LogP contribution < -0.4 is 0 Å². The van der Waals surface area contributed by atoms with Gasteiger partial charge in [0.15, 0.2) is 11.8 Å². The summed E-state index contributed by atoms with van der Waals surface area (Å²) in [5.74, 6) is -1.49. The van der Waals surface area contributed by atoms with E-state index >= 15 is 0 Å². The summed E-state index contributed by atoms with van der Waals surface area (Å²) in [5.41, 5.74) is -0.481. The van der Waals surface area contributed by atoms with Gasteiger partial charge in [0, 0.05) is 0 Å². The molecule has 1 aliphatic rings. The molecule has 1 N–H and O–H groups in total. The van der Waals surface area contributed by atoms with Gasteiger partial charge in [-0.2, -0.15) is 13.2 Å². The maximum absolute atomic E-state index is 12.5. The lowest BCUT2D eigenvalue weighted by molar-refractivity contribution is -0.137. The first kappa shape index (κ1) is 16.3. The number of carbonyl (C=O) groups excluding carboxylic acids is 1. The monoisotopic (exact) mass is 317 g/mol. The Labute approximate surface area is 124 Å². The Bertz CT molecular complexity index is 568. The molecule has 1 aliphatic heterocycles. The zero-order chi connectivity index (χ0) is 16.3. The van der Waals surface area contributed by atoms with Gasteiger partial charge in [-0.05, 0) is 24.6 Å². The second kappa shape index (κ2) is 6.35. The lowest BCUT2D eigenvalue weighted by atomic mass is 9.92. The van der Waals surface area contributed by atoms with Gasteiger partial charge in [0.2, 0.25) is 0 Å². The minimum absolute atomic E-state index is 0.0748. The summed E-state index contributed by atoms with van der Waals surface area (Å²) in [5, 5.41) is 13.0. The third-order valence-corrected chi connectivity index (χ3v) is 3.23. The van der Waals surface area contributed by atoms with Gasteiger partial charge in [0.1, 0.15) is 0 Å². The molecule has 0 saturated carbocycles. The summed E-state index contributed by atoms with van der Waals surface area (Å²) in [4.78, 5) is 16.8. The van der Waals surface area contributed by atoms with Gasteiger partial charge >= 0.3 is 12.1 Å². The molecule has 0 aromatic heterocycles. The average molecular weight is 317 g/mol. The van der Waals surface area contributed by atoms with E-state index < -0.39 is 36.3 Å². The number of esters is 1. The van der Waals surface area contributed by atoms with Crippen molar-refractivity contribution in [3.05, 3.63) is 35.4 Å². The van der Waals surface area contributed by atoms with E-state index in [0.717, 1.165) is 12.1 Å². The molecule has 0 amide bonds. The van der Waals surface area contributed by atoms with Crippen LogP contribution >= 0.6 is 0 Å². The molecular weight excluding hydrogens is 303 g/mol. The standard InChI is InChI=1S/C14H14F3NO4/c1-2-21-13(20)11-10(7-19)12(22-18-11)8-3-5-9(6-4-8)14(15,16)17/h3-6,10,12,19H,2,7H2,1H3. The summed E-state index contributed by atoms with van der Waals surface area (Å²) >= 11 is 0. The number of benzene rings is 1. The molecule has 0 aliphatic carbocycles. The minimum atomic E-state index is -4.43. The molecule has 0 fully saturated rings. The van der Waals surface area contributed by atoms with Crippen LogP contribution in [0.5, 0.6) is 0 Å². The van der Waals surface area contributed by atoms with Gasteiger partial charge in [-0.25, -0.2) is 4.79 Å². The van der Waals surface area contributed by atoms with E-state index in [4.69, 9.17) is 9.57 Å². The highest BCUT2D eigenvalue weighted by Gasteiger charge is 2.40. The van der Waals surface area contributed by atoms with Crippen molar-refractivity contribution < 1.29 is 32.6 Å². The third kappa shape index (κ3) is 3.22. The van der Waals surface area contributed by atoms with Crippen LogP contribution in [0.1, 0.15) is 24.2 Å². The Morgan fingerprint density at radius 3 is 2.50 bits per heavy atom. The molecule has 1 heterocycles. The largest absolute Gasteiger partial charge is 0.461 e. The summed E-state index contributed by atoms with van der Waals surface area (Å²) in [6, 6.07) is 4.30. The summed E-state index contributed by atoms with van der Waals surface area (Å²) < 4.78 is 42.4. The smallest absolute Gasteiger partial charge is 0.416 e. The van der Waals surface area contributed by atoms with E-state index in [-0.39, 0.29) is 12.3 Å². The highest BCUT2D eigenvalue weighted by Crippen LogP contribution is 2.35. The van der Waals surface area contributed by atoms with E-state index in [9.17, 15) is 23.1 Å². The van der Waals surface area contributed by atoms with Gasteiger partial charge in [0.05, 0.1) is 24.7 Å². The van der Waals surface area contributed by atoms with E-state index in [1.165, 1.54) is 12.1 Å². The van der Waals surface area contributed by atoms with E-state index in [1.54, 1.807) is 6.92 Å². The fourth-order valence-electron chi connectivity index (χ4n) is 2.13. The molecule has 1 aromatic rings. The van der Waals surface area contributed by atoms with Crippen LogP contribution in [0.3, 0.4) is 0 Å². The molecule has 2 atom stereocenters. The van der Waals surface area contributed by atoms with Crippen LogP contribution in [0.25, 0.3) is 0 Å². The van der Waals surface area contributed by atoms with Crippen molar-refractivity contribution in [1.29, 1.82) is 0 Å². The number of hydrogen-bond acceptors (Lipinski definition) is 5. The molecule has 2 unspecified atom stereocenters. The van der Waals surface area contributed by atoms with Crippen molar-refractivity contribution >= 4 is 11.7 Å². The van der Waals surface area contributed by atoms with Crippen molar-refractivity contribution in [2.24, 2.45) is 11.1 Å². The lowest BCUT2D eigenvalue weighted by Gasteiger charge is -2.17. The predicted octanol–water partition coefficient (Wildman–Crippen LogP) is 2.30. The van der Waals surface area contributed by atoms with Crippen LogP contribution in [0.15, 0.2) is 29.4 Å². The summed E-state index contributed by atoms with van der Waals surface area (Å²) in [7, 11) is 0. The zero-order valence-electron chi connectivity index (χ0n) is 11.6. The molecule has 5 nitrogen and oxygen atoms in total. The minimum Gasteiger partial charge on any atom is -0.461 e. The molecule has 0 radical (unpaired) electrons. The van der Waals surface area contributed by atoms with E-state index in [0.29, 0.717) is 5.56 Å². The zero-order valence-corrected chi connectivity index (χ0v) is 11.6. The molecule has 0 spiro atoms. The molecule has 120 valence electrons. The van der Waals surface area contributed by atoms with Crippen LogP contribution in [0, 0.1) is 5.92 Å². The Balaban J connectivity index is 2.18. The molecule has 2 rings (SSSR count). The van der Waals surface area contributed by atoms with Crippen molar-refractivity contribution in [3.63, 3.8) is 0 Å². The SMILES string of the molecule is CCOC(=O)C1=NOC(c2ccc(C(F)(F)F)cc2)C1CO. The van der Waals surface area contributed by atoms with Crippen LogP contribution in [-0.2, 0) is 20.5 Å². The lowest BCUT2D eigenvalue weighted by Crippen LogP contribution is -2.29. The van der Waals surface area contributed by atoms with E-state index in [1.807, 2.05) is 0 Å². The number of rotatable bonds is 4. The van der Waals surface area contributed by atoms with Gasteiger partial charge < -0.3 is 14.7 Å². The Morgan fingerprint density at radius 1 is 1.36 bits per heavy atom. The Kier molecular flexibility index (Phi) is 4.70. The van der Waals surface area contributed by atoms with Crippen LogP contribution in [0.2, 0.25) is 0 Å². The first-order valence-corrected chi connectivity index (χ1v) is 6.57. The number of carbonyl (C=O) groups is 1. The fraction of sp³-hybridized carbons (Fsp3) is 0.429. The molecule has 0 saturated heterocycles. The molecule has 8 heteroatoms. The number of nitrogens with zero attached hydrogens (tertiary/aromatic N) is 1. The number of hydrogen-bond donors (Lipinski definition) is 1. The predicted molar refractivity (Wildman–Crippen MR) is 69.9 cm³/mol. The molecule has 1 aromatic carbocycles. The number of halogens is 3. The normalized spacial score (nSPS) is 21.2. The second-order valence-electron chi connectivity index (χ2n) is 4.63. The van der Waals surface area contributed by atoms with Gasteiger partial charge in [-0.3, -0.25) is 0 Å². The fourth-order valence-corrected chi connectivity index (χ4v) is 2.13. The van der Waals surface area contributed by atoms with Crippen molar-refractivity contribution in [2.45, 2.75) is 19.2 Å². The molecule has 0 bridgehead atoms. The van der Waals surface area contributed by atoms with Crippen molar-refractivity contribution in [1.82, 2.24) is 0 Å². The van der Waals surface area contributed by atoms with Gasteiger partial charge in [-0.1, -0.05) is 17.3 Å². The molecular formula is C14H14F3NO4. The first-order chi connectivity index (χ1) is 10.4. The maximum atomic E-state index is 12.5. The van der Waals surface area contributed by atoms with Gasteiger partial charge in [-0.15, -0.1) is 0 Å². The highest BCUT2D eigenvalue weighted by atomic mass is 19.4. The maximum Gasteiger partial charge on any atom is 0.416 e. The van der Waals surface area contributed by atoms with Gasteiger partial charge in [0.25, 0.3) is 0 Å². The Morgan fingerprint density at radius 2 is 2.00 bits per heavy atom. The van der Waals surface area contributed by atoms with Crippen LogP contribution in [-0.4, -0.2) is 30.0 Å². The average Bonchev–Trinajstić information content (AvgIpc) is 2.90. The second-order valence-corrected chi connectivity index (χ2v) is 4.63. The number of ether oxygens (including phenoxy) is 1. The van der Waals surface area contributed by atoms with Crippen molar-refractivity contribution in [2.75, 3.05) is 13.2 Å². The summed E-state index contributed by atoms with van der Waals surface area (Å²) in [6.07, 6.45) is -5.26. The quantitative estimate of drug-likeness (QED) is 0.865. The first-order valence-electron chi connectivity index (χ1n) is 6.57. The van der Waals surface area contributed by atoms with E-state index in [2.05, 4.69) is 5.16 Å². The van der Waals surface area contributed by atoms with Crippen LogP contribution in [0.4, 0.5) is 13.2 Å².